The Kier molecular flexibility index (Phi) is 2.16. The van der Waals surface area contributed by atoms with Crippen LogP contribution in [0.5, 0.6) is 0 Å². The van der Waals surface area contributed by atoms with E-state index in [2.05, 4.69) is 4.98 Å². The van der Waals surface area contributed by atoms with Crippen molar-refractivity contribution in [3.63, 3.8) is 0 Å². The first-order valence-electron chi connectivity index (χ1n) is 4.26. The monoisotopic (exact) mass is 213 g/mol. The number of hydrogen-bond acceptors (Lipinski definition) is 4. The van der Waals surface area contributed by atoms with Gasteiger partial charge in [-0.1, -0.05) is 0 Å². The van der Waals surface area contributed by atoms with Crippen LogP contribution in [-0.4, -0.2) is 40.3 Å². The van der Waals surface area contributed by atoms with E-state index in [-0.39, 0.29) is 12.1 Å². The van der Waals surface area contributed by atoms with Crippen LogP contribution in [0.1, 0.15) is 6.92 Å². The van der Waals surface area contributed by atoms with Crippen molar-refractivity contribution in [2.75, 3.05) is 11.9 Å². The van der Waals surface area contributed by atoms with Crippen LogP contribution < -0.4 is 4.90 Å². The zero-order valence-corrected chi connectivity index (χ0v) is 8.73. The molecule has 14 heavy (non-hydrogen) atoms. The number of urea groups is 1. The molecule has 5 nitrogen and oxygen atoms in total. The van der Waals surface area contributed by atoms with E-state index in [0.717, 1.165) is 0 Å². The van der Waals surface area contributed by atoms with Gasteiger partial charge in [-0.3, -0.25) is 0 Å². The van der Waals surface area contributed by atoms with E-state index in [9.17, 15) is 9.90 Å². The predicted octanol–water partition coefficient (Wildman–Crippen LogP) is 0.722. The smallest absolute Gasteiger partial charge is 0.328 e. The maximum absolute atomic E-state index is 11.7. The average Bonchev–Trinajstić information content (AvgIpc) is 2.73. The summed E-state index contributed by atoms with van der Waals surface area (Å²) in [6.45, 7) is 1.80. The predicted molar refractivity (Wildman–Crippen MR) is 53.2 cm³/mol. The molecule has 2 atom stereocenters. The Morgan fingerprint density at radius 2 is 2.36 bits per heavy atom. The third-order valence-corrected chi connectivity index (χ3v) is 3.21. The van der Waals surface area contributed by atoms with E-state index in [1.807, 2.05) is 0 Å². The van der Waals surface area contributed by atoms with Crippen LogP contribution in [0.2, 0.25) is 0 Å². The summed E-state index contributed by atoms with van der Waals surface area (Å²) >= 11 is 1.34. The molecule has 1 saturated heterocycles. The Morgan fingerprint density at radius 1 is 1.64 bits per heavy atom. The van der Waals surface area contributed by atoms with Gasteiger partial charge in [-0.2, -0.15) is 0 Å². The van der Waals surface area contributed by atoms with Crippen LogP contribution in [-0.2, 0) is 0 Å². The number of aromatic nitrogens is 1. The van der Waals surface area contributed by atoms with E-state index >= 15 is 0 Å². The Balaban J connectivity index is 2.33. The average molecular weight is 213 g/mol. The van der Waals surface area contributed by atoms with Gasteiger partial charge in [-0.05, 0) is 6.92 Å². The van der Waals surface area contributed by atoms with Crippen molar-refractivity contribution in [1.29, 1.82) is 0 Å². The number of thiazole rings is 1. The molecule has 0 aliphatic carbocycles. The largest absolute Gasteiger partial charge is 0.371 e. The van der Waals surface area contributed by atoms with Gasteiger partial charge in [0, 0.05) is 18.6 Å². The van der Waals surface area contributed by atoms with Crippen LogP contribution >= 0.6 is 11.3 Å². The van der Waals surface area contributed by atoms with Crippen molar-refractivity contribution >= 4 is 22.5 Å². The third kappa shape index (κ3) is 1.18. The molecule has 1 fully saturated rings. The maximum Gasteiger partial charge on any atom is 0.328 e. The highest BCUT2D eigenvalue weighted by Gasteiger charge is 2.42. The molecule has 0 saturated carbocycles. The summed E-state index contributed by atoms with van der Waals surface area (Å²) in [5.41, 5.74) is 0. The highest BCUT2D eigenvalue weighted by Crippen LogP contribution is 2.27. The number of carbonyl (C=O) groups is 1. The van der Waals surface area contributed by atoms with Crippen LogP contribution in [0, 0.1) is 0 Å². The van der Waals surface area contributed by atoms with Gasteiger partial charge in [0.05, 0.1) is 6.04 Å². The molecule has 1 N–H and O–H groups in total. The van der Waals surface area contributed by atoms with Crippen molar-refractivity contribution in [1.82, 2.24) is 9.88 Å². The van der Waals surface area contributed by atoms with Gasteiger partial charge in [0.25, 0.3) is 0 Å². The number of likely N-dealkylation sites (N-methyl/N-ethyl adjacent to an activating group) is 1. The van der Waals surface area contributed by atoms with Crippen molar-refractivity contribution in [2.24, 2.45) is 0 Å². The second-order valence-corrected chi connectivity index (χ2v) is 4.11. The van der Waals surface area contributed by atoms with Crippen molar-refractivity contribution in [2.45, 2.75) is 19.2 Å². The number of hydrogen-bond donors (Lipinski definition) is 1. The van der Waals surface area contributed by atoms with Crippen LogP contribution in [0.3, 0.4) is 0 Å². The first-order chi connectivity index (χ1) is 6.63. The zero-order valence-electron chi connectivity index (χ0n) is 7.91. The minimum atomic E-state index is -0.807. The summed E-state index contributed by atoms with van der Waals surface area (Å²) in [5.74, 6) is 0. The highest BCUT2D eigenvalue weighted by molar-refractivity contribution is 7.13. The minimum absolute atomic E-state index is 0.202. The Morgan fingerprint density at radius 3 is 2.79 bits per heavy atom. The van der Waals surface area contributed by atoms with Gasteiger partial charge < -0.3 is 10.0 Å². The summed E-state index contributed by atoms with van der Waals surface area (Å²) in [5, 5.41) is 12.1. The lowest BCUT2D eigenvalue weighted by Crippen LogP contribution is -2.35. The standard InChI is InChI=1S/C8H11N3O2S/c1-5-6(12)11(8(13)10(5)2)7-9-3-4-14-7/h3-6,12H,1-2H3/t5-,6-/m0/s1. The summed E-state index contributed by atoms with van der Waals surface area (Å²) in [7, 11) is 1.67. The molecule has 0 aromatic carbocycles. The fourth-order valence-corrected chi connectivity index (χ4v) is 2.07. The molecule has 0 bridgehead atoms. The number of rotatable bonds is 1. The van der Waals surface area contributed by atoms with Crippen LogP contribution in [0.15, 0.2) is 11.6 Å². The number of nitrogens with zero attached hydrogens (tertiary/aromatic N) is 3. The molecule has 1 aliphatic rings. The van der Waals surface area contributed by atoms with Crippen molar-refractivity contribution in [3.05, 3.63) is 11.6 Å². The summed E-state index contributed by atoms with van der Waals surface area (Å²) in [6, 6.07) is -0.411. The molecule has 2 heterocycles. The maximum atomic E-state index is 11.7. The lowest BCUT2D eigenvalue weighted by atomic mass is 10.3. The molecule has 76 valence electrons. The van der Waals surface area contributed by atoms with E-state index in [1.54, 1.807) is 25.5 Å². The molecule has 1 aromatic rings. The lowest BCUT2D eigenvalue weighted by molar-refractivity contribution is 0.138. The van der Waals surface area contributed by atoms with E-state index < -0.39 is 6.23 Å². The first-order valence-corrected chi connectivity index (χ1v) is 5.14. The van der Waals surface area contributed by atoms with Crippen molar-refractivity contribution < 1.29 is 9.90 Å². The van der Waals surface area contributed by atoms with E-state index in [4.69, 9.17) is 0 Å². The Bertz CT molecular complexity index is 340. The van der Waals surface area contributed by atoms with Gasteiger partial charge in [0.2, 0.25) is 0 Å². The molecule has 1 aromatic heterocycles. The molecule has 1 aliphatic heterocycles. The Labute approximate surface area is 85.6 Å². The normalized spacial score (nSPS) is 27.5. The summed E-state index contributed by atoms with van der Waals surface area (Å²) in [4.78, 5) is 18.5. The topological polar surface area (TPSA) is 56.7 Å². The summed E-state index contributed by atoms with van der Waals surface area (Å²) < 4.78 is 0. The molecule has 2 rings (SSSR count). The van der Waals surface area contributed by atoms with Gasteiger partial charge in [0.15, 0.2) is 11.4 Å². The minimum Gasteiger partial charge on any atom is -0.371 e. The number of carbonyl (C=O) groups excluding carboxylic acids is 1. The van der Waals surface area contributed by atoms with Crippen molar-refractivity contribution in [3.8, 4) is 0 Å². The molecule has 0 radical (unpaired) electrons. The van der Waals surface area contributed by atoms with Crippen LogP contribution in [0.25, 0.3) is 0 Å². The fourth-order valence-electron chi connectivity index (χ4n) is 1.40. The number of aliphatic hydroxyl groups is 1. The molecule has 0 spiro atoms. The number of aliphatic hydroxyl groups excluding tert-OH is 1. The number of amides is 2. The van der Waals surface area contributed by atoms with Gasteiger partial charge >= 0.3 is 6.03 Å². The third-order valence-electron chi connectivity index (χ3n) is 2.44. The SMILES string of the molecule is C[C@H]1[C@H](O)N(c2nccs2)C(=O)N1C. The summed E-state index contributed by atoms with van der Waals surface area (Å²) in [6.07, 6.45) is 0.807. The number of anilines is 1. The van der Waals surface area contributed by atoms with Crippen LogP contribution in [0.4, 0.5) is 9.93 Å². The second-order valence-electron chi connectivity index (χ2n) is 3.23. The highest BCUT2D eigenvalue weighted by atomic mass is 32.1. The molecular weight excluding hydrogens is 202 g/mol. The molecule has 0 unspecified atom stereocenters. The van der Waals surface area contributed by atoms with E-state index in [1.165, 1.54) is 21.1 Å². The zero-order chi connectivity index (χ0) is 10.3. The second kappa shape index (κ2) is 3.21. The molecule has 2 amide bonds. The molecular formula is C8H11N3O2S. The lowest BCUT2D eigenvalue weighted by Gasteiger charge is -2.16. The fraction of sp³-hybridized carbons (Fsp3) is 0.500. The Hall–Kier alpha value is -1.14. The van der Waals surface area contributed by atoms with E-state index in [0.29, 0.717) is 5.13 Å². The van der Waals surface area contributed by atoms with Gasteiger partial charge in [-0.25, -0.2) is 14.7 Å². The first kappa shape index (κ1) is 9.42. The molecule has 6 heteroatoms. The quantitative estimate of drug-likeness (QED) is 0.748. The van der Waals surface area contributed by atoms with Gasteiger partial charge in [-0.15, -0.1) is 11.3 Å². The van der Waals surface area contributed by atoms with Gasteiger partial charge in [0.1, 0.15) is 0 Å².